The monoisotopic (exact) mass is 289 g/mol. The molecule has 1 aromatic heterocycles. The molecule has 1 saturated heterocycles. The van der Waals surface area contributed by atoms with E-state index >= 15 is 0 Å². The van der Waals surface area contributed by atoms with Crippen LogP contribution in [0.15, 0.2) is 24.5 Å². The number of carbonyl (C=O) groups is 2. The van der Waals surface area contributed by atoms with E-state index in [2.05, 4.69) is 17.2 Å². The largest absolute Gasteiger partial charge is 0.349 e. The molecule has 114 valence electrons. The first-order chi connectivity index (χ1) is 10.2. The third-order valence-electron chi connectivity index (χ3n) is 3.87. The maximum Gasteiger partial charge on any atom is 0.251 e. The summed E-state index contributed by atoms with van der Waals surface area (Å²) in [5.41, 5.74) is 0.631. The topological polar surface area (TPSA) is 62.3 Å². The molecule has 0 radical (unpaired) electrons. The normalized spacial score (nSPS) is 15.8. The van der Waals surface area contributed by atoms with Crippen molar-refractivity contribution in [1.82, 2.24) is 15.2 Å². The average Bonchev–Trinajstić information content (AvgIpc) is 2.54. The second-order valence-corrected chi connectivity index (χ2v) is 5.47. The lowest BCUT2D eigenvalue weighted by molar-refractivity contribution is -0.132. The molecule has 1 fully saturated rings. The van der Waals surface area contributed by atoms with Crippen molar-refractivity contribution >= 4 is 11.8 Å². The lowest BCUT2D eigenvalue weighted by Crippen LogP contribution is -2.46. The molecule has 0 bridgehead atoms. The number of pyridine rings is 1. The highest BCUT2D eigenvalue weighted by atomic mass is 16.2. The van der Waals surface area contributed by atoms with Crippen LogP contribution < -0.4 is 5.32 Å². The molecule has 1 N–H and O–H groups in total. The Hall–Kier alpha value is -1.91. The molecule has 1 aliphatic rings. The SMILES string of the molecule is CCCCC(=O)N1CCC(NC(=O)c2ccncc2)CC1. The van der Waals surface area contributed by atoms with Gasteiger partial charge >= 0.3 is 0 Å². The van der Waals surface area contributed by atoms with Crippen molar-refractivity contribution in [3.05, 3.63) is 30.1 Å². The zero-order chi connectivity index (χ0) is 15.1. The minimum atomic E-state index is -0.0619. The quantitative estimate of drug-likeness (QED) is 0.901. The van der Waals surface area contributed by atoms with Crippen LogP contribution in [-0.2, 0) is 4.79 Å². The maximum absolute atomic E-state index is 12.1. The zero-order valence-electron chi connectivity index (χ0n) is 12.5. The molecule has 0 spiro atoms. The molecule has 2 amide bonds. The number of amides is 2. The fourth-order valence-corrected chi connectivity index (χ4v) is 2.53. The first kappa shape index (κ1) is 15.5. The Balaban J connectivity index is 1.77. The highest BCUT2D eigenvalue weighted by Crippen LogP contribution is 2.13. The Morgan fingerprint density at radius 1 is 1.29 bits per heavy atom. The summed E-state index contributed by atoms with van der Waals surface area (Å²) in [4.78, 5) is 29.8. The molecule has 1 aliphatic heterocycles. The van der Waals surface area contributed by atoms with E-state index in [0.717, 1.165) is 38.8 Å². The Kier molecular flexibility index (Phi) is 5.72. The van der Waals surface area contributed by atoms with Gasteiger partial charge < -0.3 is 10.2 Å². The van der Waals surface area contributed by atoms with E-state index in [9.17, 15) is 9.59 Å². The van der Waals surface area contributed by atoms with Gasteiger partial charge in [0.1, 0.15) is 0 Å². The van der Waals surface area contributed by atoms with E-state index < -0.39 is 0 Å². The second kappa shape index (κ2) is 7.76. The lowest BCUT2D eigenvalue weighted by Gasteiger charge is -2.32. The standard InChI is InChI=1S/C16H23N3O2/c1-2-3-4-15(20)19-11-7-14(8-12-19)18-16(21)13-5-9-17-10-6-13/h5-6,9-10,14H,2-4,7-8,11-12H2,1H3,(H,18,21). The maximum atomic E-state index is 12.1. The van der Waals surface area contributed by atoms with Crippen LogP contribution in [0.2, 0.25) is 0 Å². The van der Waals surface area contributed by atoms with E-state index in [1.165, 1.54) is 0 Å². The zero-order valence-corrected chi connectivity index (χ0v) is 12.5. The number of piperidine rings is 1. The summed E-state index contributed by atoms with van der Waals surface area (Å²) in [6.45, 7) is 3.57. The van der Waals surface area contributed by atoms with Crippen molar-refractivity contribution in [2.75, 3.05) is 13.1 Å². The highest BCUT2D eigenvalue weighted by molar-refractivity contribution is 5.94. The van der Waals surface area contributed by atoms with E-state index in [1.54, 1.807) is 24.5 Å². The predicted octanol–water partition coefficient (Wildman–Crippen LogP) is 1.99. The van der Waals surface area contributed by atoms with Crippen LogP contribution in [0.4, 0.5) is 0 Å². The Morgan fingerprint density at radius 2 is 1.95 bits per heavy atom. The Morgan fingerprint density at radius 3 is 2.57 bits per heavy atom. The van der Waals surface area contributed by atoms with Crippen molar-refractivity contribution in [2.24, 2.45) is 0 Å². The summed E-state index contributed by atoms with van der Waals surface area (Å²) in [5, 5.41) is 3.03. The number of rotatable bonds is 5. The van der Waals surface area contributed by atoms with Crippen molar-refractivity contribution in [3.8, 4) is 0 Å². The summed E-state index contributed by atoms with van der Waals surface area (Å²) >= 11 is 0. The van der Waals surface area contributed by atoms with Crippen LogP contribution in [0.5, 0.6) is 0 Å². The van der Waals surface area contributed by atoms with Gasteiger partial charge in [0.05, 0.1) is 0 Å². The van der Waals surface area contributed by atoms with Gasteiger partial charge in [-0.2, -0.15) is 0 Å². The second-order valence-electron chi connectivity index (χ2n) is 5.47. The van der Waals surface area contributed by atoms with Crippen LogP contribution in [0.3, 0.4) is 0 Å². The van der Waals surface area contributed by atoms with Gasteiger partial charge in [-0.15, -0.1) is 0 Å². The number of hydrogen-bond donors (Lipinski definition) is 1. The summed E-state index contributed by atoms with van der Waals surface area (Å²) in [7, 11) is 0. The van der Waals surface area contributed by atoms with Gasteiger partial charge in [0, 0.05) is 43.5 Å². The fourth-order valence-electron chi connectivity index (χ4n) is 2.53. The van der Waals surface area contributed by atoms with Gasteiger partial charge in [0.2, 0.25) is 5.91 Å². The van der Waals surface area contributed by atoms with E-state index in [1.807, 2.05) is 4.90 Å². The fraction of sp³-hybridized carbons (Fsp3) is 0.562. The van der Waals surface area contributed by atoms with E-state index in [0.29, 0.717) is 12.0 Å². The lowest BCUT2D eigenvalue weighted by atomic mass is 10.0. The van der Waals surface area contributed by atoms with Crippen molar-refractivity contribution in [2.45, 2.75) is 45.1 Å². The number of likely N-dealkylation sites (tertiary alicyclic amines) is 1. The molecule has 0 atom stereocenters. The number of carbonyl (C=O) groups excluding carboxylic acids is 2. The van der Waals surface area contributed by atoms with Crippen LogP contribution in [-0.4, -0.2) is 40.8 Å². The molecule has 0 saturated carbocycles. The van der Waals surface area contributed by atoms with Gasteiger partial charge in [-0.1, -0.05) is 13.3 Å². The summed E-state index contributed by atoms with van der Waals surface area (Å²) < 4.78 is 0. The molecule has 5 heteroatoms. The molecule has 1 aromatic rings. The number of hydrogen-bond acceptors (Lipinski definition) is 3. The van der Waals surface area contributed by atoms with Gasteiger partial charge in [0.25, 0.3) is 5.91 Å². The minimum Gasteiger partial charge on any atom is -0.349 e. The Labute approximate surface area is 125 Å². The van der Waals surface area contributed by atoms with Crippen LogP contribution in [0.1, 0.15) is 49.4 Å². The van der Waals surface area contributed by atoms with Crippen molar-refractivity contribution in [3.63, 3.8) is 0 Å². The van der Waals surface area contributed by atoms with E-state index in [4.69, 9.17) is 0 Å². The summed E-state index contributed by atoms with van der Waals surface area (Å²) in [6.07, 6.45) is 7.53. The van der Waals surface area contributed by atoms with Crippen molar-refractivity contribution < 1.29 is 9.59 Å². The van der Waals surface area contributed by atoms with Crippen molar-refractivity contribution in [1.29, 1.82) is 0 Å². The highest BCUT2D eigenvalue weighted by Gasteiger charge is 2.23. The van der Waals surface area contributed by atoms with Crippen LogP contribution in [0.25, 0.3) is 0 Å². The predicted molar refractivity (Wildman–Crippen MR) is 80.8 cm³/mol. The third-order valence-corrected chi connectivity index (χ3v) is 3.87. The summed E-state index contributed by atoms with van der Waals surface area (Å²) in [5.74, 6) is 0.184. The molecule has 0 aliphatic carbocycles. The first-order valence-electron chi connectivity index (χ1n) is 7.69. The molecular formula is C16H23N3O2. The number of aromatic nitrogens is 1. The molecule has 2 rings (SSSR count). The summed E-state index contributed by atoms with van der Waals surface area (Å²) in [6, 6.07) is 3.57. The molecule has 0 unspecified atom stereocenters. The molecule has 5 nitrogen and oxygen atoms in total. The number of unbranched alkanes of at least 4 members (excludes halogenated alkanes) is 1. The first-order valence-corrected chi connectivity index (χ1v) is 7.69. The molecule has 21 heavy (non-hydrogen) atoms. The Bertz CT molecular complexity index is 468. The molecule has 0 aromatic carbocycles. The van der Waals surface area contributed by atoms with Gasteiger partial charge in [-0.25, -0.2) is 0 Å². The number of nitrogens with zero attached hydrogens (tertiary/aromatic N) is 2. The third kappa shape index (κ3) is 4.55. The molecular weight excluding hydrogens is 266 g/mol. The molecule has 2 heterocycles. The van der Waals surface area contributed by atoms with Gasteiger partial charge in [0.15, 0.2) is 0 Å². The van der Waals surface area contributed by atoms with E-state index in [-0.39, 0.29) is 17.9 Å². The van der Waals surface area contributed by atoms with Crippen LogP contribution >= 0.6 is 0 Å². The smallest absolute Gasteiger partial charge is 0.251 e. The average molecular weight is 289 g/mol. The number of nitrogens with one attached hydrogen (secondary N) is 1. The minimum absolute atomic E-state index is 0.0619. The van der Waals surface area contributed by atoms with Crippen LogP contribution in [0, 0.1) is 0 Å². The van der Waals surface area contributed by atoms with Gasteiger partial charge in [-0.3, -0.25) is 14.6 Å². The van der Waals surface area contributed by atoms with Gasteiger partial charge in [-0.05, 0) is 31.4 Å².